The van der Waals surface area contributed by atoms with Crippen LogP contribution in [0.4, 0.5) is 5.69 Å². The lowest BCUT2D eigenvalue weighted by Gasteiger charge is -2.23. The molecule has 0 spiro atoms. The summed E-state index contributed by atoms with van der Waals surface area (Å²) in [5, 5.41) is 16.6. The third-order valence-electron chi connectivity index (χ3n) is 4.77. The van der Waals surface area contributed by atoms with Crippen LogP contribution in [0.2, 0.25) is 0 Å². The molecule has 0 aliphatic carbocycles. The highest BCUT2D eigenvalue weighted by molar-refractivity contribution is 7.92. The monoisotopic (exact) mass is 431 g/mol. The van der Waals surface area contributed by atoms with Crippen molar-refractivity contribution in [1.82, 2.24) is 5.01 Å². The maximum Gasteiger partial charge on any atom is 0.243 e. The van der Waals surface area contributed by atoms with Crippen molar-refractivity contribution in [3.8, 4) is 11.5 Å². The number of methoxy groups -OCH3 is 1. The molecule has 0 saturated carbocycles. The van der Waals surface area contributed by atoms with E-state index in [4.69, 9.17) is 4.74 Å². The Morgan fingerprint density at radius 2 is 2.00 bits per heavy atom. The quantitative estimate of drug-likeness (QED) is 0.700. The van der Waals surface area contributed by atoms with Crippen molar-refractivity contribution in [2.45, 2.75) is 32.2 Å². The normalized spacial score (nSPS) is 16.3. The van der Waals surface area contributed by atoms with Crippen LogP contribution >= 0.6 is 0 Å². The number of hydrogen-bond donors (Lipinski definition) is 2. The number of hydrazone groups is 1. The summed E-state index contributed by atoms with van der Waals surface area (Å²) in [6, 6.07) is 11.5. The molecule has 0 saturated heterocycles. The van der Waals surface area contributed by atoms with Crippen LogP contribution < -0.4 is 9.46 Å². The summed E-state index contributed by atoms with van der Waals surface area (Å²) in [6.07, 6.45) is 2.36. The highest BCUT2D eigenvalue weighted by Crippen LogP contribution is 2.41. The van der Waals surface area contributed by atoms with Crippen LogP contribution in [0.3, 0.4) is 0 Å². The summed E-state index contributed by atoms with van der Waals surface area (Å²) in [5.41, 5.74) is 2.05. The number of anilines is 1. The molecule has 9 heteroatoms. The molecule has 8 nitrogen and oxygen atoms in total. The standard InChI is InChI=1S/C21H25N3O5S/c1-4-8-20(25)24-18(15-10-7-12-19(29-2)21(15)26)13-17(22-24)14-9-5-6-11-16(14)23-30(3,27)28/h5-7,9-12,18,23,26H,4,8,13H2,1-3H3. The van der Waals surface area contributed by atoms with Crippen molar-refractivity contribution in [3.05, 3.63) is 53.6 Å². The number of amides is 1. The fraction of sp³-hybridized carbons (Fsp3) is 0.333. The van der Waals surface area contributed by atoms with Crippen LogP contribution in [-0.2, 0) is 14.8 Å². The van der Waals surface area contributed by atoms with Crippen LogP contribution in [0, 0.1) is 0 Å². The van der Waals surface area contributed by atoms with Gasteiger partial charge in [-0.3, -0.25) is 9.52 Å². The fourth-order valence-corrected chi connectivity index (χ4v) is 4.05. The van der Waals surface area contributed by atoms with Crippen molar-refractivity contribution >= 4 is 27.3 Å². The predicted octanol–water partition coefficient (Wildman–Crippen LogP) is 3.25. The zero-order valence-corrected chi connectivity index (χ0v) is 17.9. The van der Waals surface area contributed by atoms with E-state index in [1.54, 1.807) is 42.5 Å². The van der Waals surface area contributed by atoms with E-state index in [-0.39, 0.29) is 11.7 Å². The van der Waals surface area contributed by atoms with Gasteiger partial charge in [-0.15, -0.1) is 0 Å². The number of carbonyl (C=O) groups excluding carboxylic acids is 1. The van der Waals surface area contributed by atoms with E-state index in [1.165, 1.54) is 12.1 Å². The molecule has 0 bridgehead atoms. The number of nitrogens with zero attached hydrogens (tertiary/aromatic N) is 2. The maximum absolute atomic E-state index is 12.8. The number of ether oxygens (including phenoxy) is 1. The van der Waals surface area contributed by atoms with Crippen LogP contribution in [0.15, 0.2) is 47.6 Å². The molecule has 2 aromatic carbocycles. The first-order valence-electron chi connectivity index (χ1n) is 9.57. The van der Waals surface area contributed by atoms with Crippen LogP contribution in [0.25, 0.3) is 0 Å². The number of aromatic hydroxyl groups is 1. The smallest absolute Gasteiger partial charge is 0.243 e. The Bertz CT molecular complexity index is 1080. The Kier molecular flexibility index (Phi) is 6.31. The molecule has 1 aliphatic rings. The van der Waals surface area contributed by atoms with E-state index < -0.39 is 16.1 Å². The lowest BCUT2D eigenvalue weighted by atomic mass is 9.96. The maximum atomic E-state index is 12.8. The van der Waals surface area contributed by atoms with Gasteiger partial charge in [-0.2, -0.15) is 5.10 Å². The number of nitrogens with one attached hydrogen (secondary N) is 1. The van der Waals surface area contributed by atoms with Gasteiger partial charge in [-0.05, 0) is 18.6 Å². The molecule has 2 aromatic rings. The Morgan fingerprint density at radius 1 is 1.27 bits per heavy atom. The Labute approximate surface area is 176 Å². The number of para-hydroxylation sites is 2. The summed E-state index contributed by atoms with van der Waals surface area (Å²) >= 11 is 0. The van der Waals surface area contributed by atoms with Gasteiger partial charge in [0.05, 0.1) is 30.8 Å². The van der Waals surface area contributed by atoms with Gasteiger partial charge in [0, 0.05) is 24.0 Å². The van der Waals surface area contributed by atoms with Gasteiger partial charge in [-0.25, -0.2) is 13.4 Å². The number of phenols is 1. The van der Waals surface area contributed by atoms with E-state index in [9.17, 15) is 18.3 Å². The first kappa shape index (κ1) is 21.6. The number of rotatable bonds is 7. The largest absolute Gasteiger partial charge is 0.504 e. The zero-order valence-electron chi connectivity index (χ0n) is 17.1. The molecule has 0 aromatic heterocycles. The van der Waals surface area contributed by atoms with Gasteiger partial charge in [0.1, 0.15) is 0 Å². The van der Waals surface area contributed by atoms with Crippen LogP contribution in [0.1, 0.15) is 43.4 Å². The zero-order chi connectivity index (χ0) is 21.9. The molecule has 1 unspecified atom stereocenters. The van der Waals surface area contributed by atoms with Crippen molar-refractivity contribution in [2.24, 2.45) is 5.10 Å². The van der Waals surface area contributed by atoms with E-state index in [2.05, 4.69) is 9.82 Å². The van der Waals surface area contributed by atoms with E-state index in [0.717, 1.165) is 6.26 Å². The number of carbonyl (C=O) groups is 1. The minimum atomic E-state index is -3.49. The van der Waals surface area contributed by atoms with Crippen molar-refractivity contribution in [2.75, 3.05) is 18.1 Å². The molecule has 30 heavy (non-hydrogen) atoms. The highest BCUT2D eigenvalue weighted by atomic mass is 32.2. The summed E-state index contributed by atoms with van der Waals surface area (Å²) in [7, 11) is -2.03. The molecular formula is C21H25N3O5S. The van der Waals surface area contributed by atoms with Gasteiger partial charge in [0.2, 0.25) is 15.9 Å². The Hall–Kier alpha value is -3.07. The van der Waals surface area contributed by atoms with Crippen molar-refractivity contribution < 1.29 is 23.1 Å². The third kappa shape index (κ3) is 4.56. The summed E-state index contributed by atoms with van der Waals surface area (Å²) < 4.78 is 31.2. The van der Waals surface area contributed by atoms with E-state index >= 15 is 0 Å². The van der Waals surface area contributed by atoms with Gasteiger partial charge in [0.25, 0.3) is 0 Å². The first-order valence-corrected chi connectivity index (χ1v) is 11.5. The lowest BCUT2D eigenvalue weighted by Crippen LogP contribution is -2.26. The summed E-state index contributed by atoms with van der Waals surface area (Å²) in [5.74, 6) is 0.0922. The van der Waals surface area contributed by atoms with Gasteiger partial charge in [0.15, 0.2) is 11.5 Å². The second-order valence-corrected chi connectivity index (χ2v) is 8.82. The molecule has 1 heterocycles. The number of sulfonamides is 1. The molecule has 3 rings (SSSR count). The van der Waals surface area contributed by atoms with Crippen molar-refractivity contribution in [1.29, 1.82) is 0 Å². The number of phenolic OH excluding ortho intramolecular Hbond substituents is 1. The molecule has 0 radical (unpaired) electrons. The van der Waals surface area contributed by atoms with Crippen molar-refractivity contribution in [3.63, 3.8) is 0 Å². The van der Waals surface area contributed by atoms with Crippen LogP contribution in [0.5, 0.6) is 11.5 Å². The number of benzene rings is 2. The van der Waals surface area contributed by atoms with Gasteiger partial charge < -0.3 is 9.84 Å². The Balaban J connectivity index is 2.05. The minimum absolute atomic E-state index is 0.0432. The highest BCUT2D eigenvalue weighted by Gasteiger charge is 2.35. The van der Waals surface area contributed by atoms with Crippen LogP contribution in [-0.4, -0.2) is 43.5 Å². The van der Waals surface area contributed by atoms with Gasteiger partial charge in [-0.1, -0.05) is 37.3 Å². The number of hydrogen-bond acceptors (Lipinski definition) is 6. The van der Waals surface area contributed by atoms with E-state index in [0.29, 0.717) is 47.5 Å². The first-order chi connectivity index (χ1) is 14.2. The lowest BCUT2D eigenvalue weighted by molar-refractivity contribution is -0.133. The molecular weight excluding hydrogens is 406 g/mol. The summed E-state index contributed by atoms with van der Waals surface area (Å²) in [4.78, 5) is 12.8. The Morgan fingerprint density at radius 3 is 2.67 bits per heavy atom. The molecule has 160 valence electrons. The molecule has 2 N–H and O–H groups in total. The topological polar surface area (TPSA) is 108 Å². The molecule has 0 fully saturated rings. The minimum Gasteiger partial charge on any atom is -0.504 e. The molecule has 1 aliphatic heterocycles. The predicted molar refractivity (Wildman–Crippen MR) is 115 cm³/mol. The second-order valence-electron chi connectivity index (χ2n) is 7.07. The molecule has 1 atom stereocenters. The summed E-state index contributed by atoms with van der Waals surface area (Å²) in [6.45, 7) is 1.90. The van der Waals surface area contributed by atoms with Gasteiger partial charge >= 0.3 is 0 Å². The van der Waals surface area contributed by atoms with E-state index in [1.807, 2.05) is 6.92 Å². The SMILES string of the molecule is CCCC(=O)N1N=C(c2ccccc2NS(C)(=O)=O)CC1c1cccc(OC)c1O. The second kappa shape index (κ2) is 8.74. The fourth-order valence-electron chi connectivity index (χ4n) is 3.47. The third-order valence-corrected chi connectivity index (χ3v) is 5.36. The average Bonchev–Trinajstić information content (AvgIpc) is 3.12. The molecule has 1 amide bonds. The average molecular weight is 432 g/mol.